The summed E-state index contributed by atoms with van der Waals surface area (Å²) in [5.41, 5.74) is 1.53. The van der Waals surface area contributed by atoms with E-state index < -0.39 is 0 Å². The van der Waals surface area contributed by atoms with Gasteiger partial charge in [-0.05, 0) is 55.9 Å². The first-order chi connectivity index (χ1) is 7.30. The number of hydrogen-bond acceptors (Lipinski definition) is 1. The molecule has 0 amide bonds. The number of fused-ring (bicyclic) bond motifs is 3. The second kappa shape index (κ2) is 3.26. The van der Waals surface area contributed by atoms with Crippen LogP contribution in [0.15, 0.2) is 24.3 Å². The first kappa shape index (κ1) is 9.26. The second-order valence-electron chi connectivity index (χ2n) is 5.28. The minimum atomic E-state index is 0.320. The van der Waals surface area contributed by atoms with Crippen LogP contribution in [-0.2, 0) is 5.41 Å². The average Bonchev–Trinajstić information content (AvgIpc) is 2.32. The predicted octanol–water partition coefficient (Wildman–Crippen LogP) is 3.61. The Bertz CT molecular complexity index is 348. The van der Waals surface area contributed by atoms with Gasteiger partial charge in [0.25, 0.3) is 0 Å². The van der Waals surface area contributed by atoms with Crippen LogP contribution in [0, 0.1) is 5.92 Å². The maximum absolute atomic E-state index is 9.98. The molecule has 4 rings (SSSR count). The van der Waals surface area contributed by atoms with Crippen molar-refractivity contribution in [1.82, 2.24) is 0 Å². The van der Waals surface area contributed by atoms with Crippen LogP contribution >= 0.6 is 0 Å². The van der Waals surface area contributed by atoms with Crippen LogP contribution in [0.3, 0.4) is 0 Å². The van der Waals surface area contributed by atoms with E-state index >= 15 is 0 Å². The Morgan fingerprint density at radius 1 is 1.00 bits per heavy atom. The lowest BCUT2D eigenvalue weighted by molar-refractivity contribution is 0.133. The van der Waals surface area contributed by atoms with Crippen LogP contribution < -0.4 is 0 Å². The molecule has 3 saturated carbocycles. The molecule has 3 aliphatic carbocycles. The van der Waals surface area contributed by atoms with Gasteiger partial charge in [0.2, 0.25) is 0 Å². The number of benzene rings is 1. The minimum Gasteiger partial charge on any atom is -0.508 e. The molecule has 0 aromatic heterocycles. The van der Waals surface area contributed by atoms with Crippen LogP contribution in [0.1, 0.15) is 44.1 Å². The first-order valence-corrected chi connectivity index (χ1v) is 6.09. The van der Waals surface area contributed by atoms with Gasteiger partial charge < -0.3 is 5.11 Å². The summed E-state index contributed by atoms with van der Waals surface area (Å²) in [6.07, 6.45) is 7.97. The molecule has 0 saturated heterocycles. The van der Waals surface area contributed by atoms with Gasteiger partial charge in [-0.1, -0.05) is 18.2 Å². The van der Waals surface area contributed by atoms with Crippen molar-refractivity contribution in [1.29, 1.82) is 0 Å². The minimum absolute atomic E-state index is 0.320. The van der Waals surface area contributed by atoms with Gasteiger partial charge in [-0.2, -0.15) is 0 Å². The van der Waals surface area contributed by atoms with Crippen molar-refractivity contribution in [2.24, 2.45) is 5.92 Å². The summed E-state index contributed by atoms with van der Waals surface area (Å²) in [6, 6.07) is 7.94. The third kappa shape index (κ3) is 1.37. The fourth-order valence-electron chi connectivity index (χ4n) is 3.58. The molecular formula is C14H18O. The molecular weight excluding hydrogens is 184 g/mol. The summed E-state index contributed by atoms with van der Waals surface area (Å²) < 4.78 is 0. The van der Waals surface area contributed by atoms with E-state index in [4.69, 9.17) is 0 Å². The van der Waals surface area contributed by atoms with Crippen molar-refractivity contribution in [3.05, 3.63) is 29.8 Å². The summed E-state index contributed by atoms with van der Waals surface area (Å²) >= 11 is 0. The molecule has 1 nitrogen and oxygen atoms in total. The Labute approximate surface area is 91.1 Å². The zero-order valence-corrected chi connectivity index (χ0v) is 9.08. The Hall–Kier alpha value is -0.980. The molecule has 3 fully saturated rings. The first-order valence-electron chi connectivity index (χ1n) is 6.09. The van der Waals surface area contributed by atoms with Crippen LogP contribution in [0.5, 0.6) is 5.75 Å². The Balaban J connectivity index is 2.01. The molecule has 1 N–H and O–H groups in total. The van der Waals surface area contributed by atoms with Gasteiger partial charge in [-0.25, -0.2) is 0 Å². The highest BCUT2D eigenvalue weighted by molar-refractivity contribution is 5.39. The lowest BCUT2D eigenvalue weighted by Crippen LogP contribution is -2.37. The normalized spacial score (nSPS) is 34.3. The zero-order chi connectivity index (χ0) is 10.3. The quantitative estimate of drug-likeness (QED) is 0.737. The summed E-state index contributed by atoms with van der Waals surface area (Å²) in [5.74, 6) is 1.50. The molecule has 1 heteroatoms. The van der Waals surface area contributed by atoms with Crippen molar-refractivity contribution in [2.45, 2.75) is 43.9 Å². The number of para-hydroxylation sites is 1. The van der Waals surface area contributed by atoms with E-state index in [0.29, 0.717) is 11.2 Å². The van der Waals surface area contributed by atoms with E-state index in [9.17, 15) is 5.11 Å². The van der Waals surface area contributed by atoms with E-state index in [2.05, 4.69) is 12.1 Å². The summed E-state index contributed by atoms with van der Waals surface area (Å²) in [6.45, 7) is 0. The molecule has 1 aromatic carbocycles. The van der Waals surface area contributed by atoms with E-state index in [0.717, 1.165) is 5.92 Å². The highest BCUT2D eigenvalue weighted by Gasteiger charge is 2.42. The van der Waals surface area contributed by atoms with Crippen molar-refractivity contribution in [3.8, 4) is 5.75 Å². The van der Waals surface area contributed by atoms with Crippen molar-refractivity contribution in [2.75, 3.05) is 0 Å². The maximum atomic E-state index is 9.98. The third-order valence-corrected chi connectivity index (χ3v) is 4.57. The number of phenols is 1. The zero-order valence-electron chi connectivity index (χ0n) is 9.08. The van der Waals surface area contributed by atoms with Crippen LogP contribution in [0.4, 0.5) is 0 Å². The van der Waals surface area contributed by atoms with Gasteiger partial charge in [0, 0.05) is 5.56 Å². The smallest absolute Gasteiger partial charge is 0.119 e. The number of hydrogen-bond donors (Lipinski definition) is 1. The average molecular weight is 202 g/mol. The van der Waals surface area contributed by atoms with E-state index in [1.165, 1.54) is 44.1 Å². The lowest BCUT2D eigenvalue weighted by atomic mass is 9.58. The molecule has 0 radical (unpaired) electrons. The van der Waals surface area contributed by atoms with Gasteiger partial charge >= 0.3 is 0 Å². The van der Waals surface area contributed by atoms with Crippen molar-refractivity contribution in [3.63, 3.8) is 0 Å². The lowest BCUT2D eigenvalue weighted by Gasteiger charge is -2.47. The molecule has 0 aliphatic heterocycles. The van der Waals surface area contributed by atoms with Gasteiger partial charge in [0.15, 0.2) is 0 Å². The highest BCUT2D eigenvalue weighted by atomic mass is 16.3. The fourth-order valence-corrected chi connectivity index (χ4v) is 3.58. The van der Waals surface area contributed by atoms with Crippen LogP contribution in [0.25, 0.3) is 0 Å². The largest absolute Gasteiger partial charge is 0.508 e. The standard InChI is InChI=1S/C14H18O/c15-13-4-2-1-3-12(13)14-8-5-11(6-9-14)7-10-14/h1-4,11,15H,5-10H2. The van der Waals surface area contributed by atoms with Crippen LogP contribution in [-0.4, -0.2) is 5.11 Å². The number of aromatic hydroxyl groups is 1. The molecule has 3 aliphatic rings. The second-order valence-corrected chi connectivity index (χ2v) is 5.28. The molecule has 2 bridgehead atoms. The van der Waals surface area contributed by atoms with Crippen molar-refractivity contribution >= 4 is 0 Å². The Morgan fingerprint density at radius 3 is 2.20 bits per heavy atom. The summed E-state index contributed by atoms with van der Waals surface area (Å²) in [7, 11) is 0. The fraction of sp³-hybridized carbons (Fsp3) is 0.571. The third-order valence-electron chi connectivity index (χ3n) is 4.57. The van der Waals surface area contributed by atoms with Crippen LogP contribution in [0.2, 0.25) is 0 Å². The Kier molecular flexibility index (Phi) is 2.01. The molecule has 0 spiro atoms. The SMILES string of the molecule is Oc1ccccc1C12CCC(CC1)CC2. The molecule has 1 aromatic rings. The molecule has 80 valence electrons. The topological polar surface area (TPSA) is 20.2 Å². The highest BCUT2D eigenvalue weighted by Crippen LogP contribution is 2.53. The van der Waals surface area contributed by atoms with E-state index in [1.54, 1.807) is 0 Å². The number of rotatable bonds is 1. The molecule has 15 heavy (non-hydrogen) atoms. The summed E-state index contributed by atoms with van der Waals surface area (Å²) in [4.78, 5) is 0. The van der Waals surface area contributed by atoms with E-state index in [1.807, 2.05) is 12.1 Å². The molecule has 0 unspecified atom stereocenters. The van der Waals surface area contributed by atoms with Crippen molar-refractivity contribution < 1.29 is 5.11 Å². The van der Waals surface area contributed by atoms with Gasteiger partial charge in [-0.15, -0.1) is 0 Å². The van der Waals surface area contributed by atoms with Gasteiger partial charge in [0.05, 0.1) is 0 Å². The Morgan fingerprint density at radius 2 is 1.60 bits per heavy atom. The molecule has 0 heterocycles. The van der Waals surface area contributed by atoms with Gasteiger partial charge in [0.1, 0.15) is 5.75 Å². The number of phenolic OH excluding ortho intramolecular Hbond substituents is 1. The monoisotopic (exact) mass is 202 g/mol. The van der Waals surface area contributed by atoms with Gasteiger partial charge in [-0.3, -0.25) is 0 Å². The maximum Gasteiger partial charge on any atom is 0.119 e. The summed E-state index contributed by atoms with van der Waals surface area (Å²) in [5, 5.41) is 9.98. The predicted molar refractivity (Wildman–Crippen MR) is 61.0 cm³/mol. The van der Waals surface area contributed by atoms with E-state index in [-0.39, 0.29) is 0 Å². The molecule has 0 atom stereocenters.